The molecule has 0 spiro atoms. The first-order valence-corrected chi connectivity index (χ1v) is 31.6. The van der Waals surface area contributed by atoms with E-state index in [1.807, 2.05) is 12.4 Å². The van der Waals surface area contributed by atoms with Crippen LogP contribution in [-0.4, -0.2) is 28.7 Å². The maximum atomic E-state index is 6.12. The van der Waals surface area contributed by atoms with Crippen molar-refractivity contribution < 1.29 is 0 Å². The van der Waals surface area contributed by atoms with Crippen LogP contribution in [0.1, 0.15) is 175 Å². The van der Waals surface area contributed by atoms with Crippen molar-refractivity contribution in [3.05, 3.63) is 311 Å². The van der Waals surface area contributed by atoms with Gasteiger partial charge in [-0.25, -0.2) is 15.0 Å². The Hall–Kier alpha value is -9.39. The van der Waals surface area contributed by atoms with Crippen LogP contribution in [0.4, 0.5) is 0 Å². The summed E-state index contributed by atoms with van der Waals surface area (Å²) in [5.41, 5.74) is 20.6. The zero-order valence-corrected chi connectivity index (χ0v) is 53.2. The standard InChI is InChI=1S/C82H82N6/c1-54(2)69-48-62(59-29-18-13-19-30-59)41-42-74(69)86-45-43-83-79(86)81(11,66-36-24-16-25-37-66)68-40-28-35-63(47-68)78-85-75(53-88(78)77-72(57(7)8)51-65(52-73(77)58(9)10)61-33-22-15-23-34-61)82(12,67-38-26-17-27-39-67)80-84-44-46-87(80)76-70(55(3)4)49-64(50-71(76)56(5)6)60-31-20-14-21-32-60/h13-58H,1-12H3/t81?,82-/m0/s1. The van der Waals surface area contributed by atoms with Gasteiger partial charge >= 0.3 is 0 Å². The van der Waals surface area contributed by atoms with E-state index in [2.05, 4.69) is 334 Å². The number of rotatable bonds is 18. The fraction of sp³-hybridized carbons (Fsp3) is 0.232. The van der Waals surface area contributed by atoms with Crippen LogP contribution in [0.3, 0.4) is 0 Å². The first-order chi connectivity index (χ1) is 42.6. The van der Waals surface area contributed by atoms with Gasteiger partial charge in [-0.3, -0.25) is 4.57 Å². The zero-order chi connectivity index (χ0) is 61.4. The molecule has 0 N–H and O–H groups in total. The highest BCUT2D eigenvalue weighted by Crippen LogP contribution is 2.47. The van der Waals surface area contributed by atoms with Gasteiger partial charge in [0.2, 0.25) is 0 Å². The molecule has 0 fully saturated rings. The summed E-state index contributed by atoms with van der Waals surface area (Å²) in [5.74, 6) is 3.69. The monoisotopic (exact) mass is 1150 g/mol. The van der Waals surface area contributed by atoms with Crippen molar-refractivity contribution in [1.29, 1.82) is 0 Å². The van der Waals surface area contributed by atoms with Gasteiger partial charge in [0.15, 0.2) is 0 Å². The normalized spacial score (nSPS) is 13.2. The van der Waals surface area contributed by atoms with Gasteiger partial charge in [-0.15, -0.1) is 0 Å². The van der Waals surface area contributed by atoms with Crippen LogP contribution >= 0.6 is 0 Å². The fourth-order valence-electron chi connectivity index (χ4n) is 13.4. The predicted molar refractivity (Wildman–Crippen MR) is 367 cm³/mol. The van der Waals surface area contributed by atoms with Crippen LogP contribution in [-0.2, 0) is 10.8 Å². The Kier molecular flexibility index (Phi) is 16.4. The van der Waals surface area contributed by atoms with Crippen molar-refractivity contribution in [2.45, 2.75) is 124 Å². The molecule has 3 aromatic heterocycles. The smallest absolute Gasteiger partial charge is 0.144 e. The summed E-state index contributed by atoms with van der Waals surface area (Å²) in [5, 5.41) is 0. The molecule has 0 amide bonds. The number of nitrogens with zero attached hydrogens (tertiary/aromatic N) is 6. The maximum absolute atomic E-state index is 6.12. The Morgan fingerprint density at radius 1 is 0.318 bits per heavy atom. The number of hydrogen-bond acceptors (Lipinski definition) is 3. The Bertz CT molecular complexity index is 4320. The Labute approximate surface area is 522 Å². The van der Waals surface area contributed by atoms with E-state index in [9.17, 15) is 0 Å². The second kappa shape index (κ2) is 24.4. The third-order valence-electron chi connectivity index (χ3n) is 18.3. The predicted octanol–water partition coefficient (Wildman–Crippen LogP) is 21.2. The average Bonchev–Trinajstić information content (AvgIpc) is 1.58. The topological polar surface area (TPSA) is 53.5 Å². The van der Waals surface area contributed by atoms with Crippen molar-refractivity contribution in [3.8, 4) is 61.8 Å². The number of imidazole rings is 3. The van der Waals surface area contributed by atoms with Gasteiger partial charge in [0.05, 0.1) is 33.6 Å². The van der Waals surface area contributed by atoms with Gasteiger partial charge in [-0.2, -0.15) is 0 Å². The molecule has 12 aromatic rings. The van der Waals surface area contributed by atoms with E-state index in [0.29, 0.717) is 0 Å². The molecule has 0 aliphatic rings. The molecule has 9 aromatic carbocycles. The van der Waals surface area contributed by atoms with Crippen LogP contribution in [0.5, 0.6) is 0 Å². The van der Waals surface area contributed by atoms with Gasteiger partial charge in [0, 0.05) is 36.5 Å². The molecule has 0 saturated heterocycles. The van der Waals surface area contributed by atoms with Gasteiger partial charge < -0.3 is 9.13 Å². The number of hydrogen-bond donors (Lipinski definition) is 0. The summed E-state index contributed by atoms with van der Waals surface area (Å²) < 4.78 is 7.17. The molecular formula is C82H82N6. The Morgan fingerprint density at radius 3 is 1.16 bits per heavy atom. The molecular weight excluding hydrogens is 1070 g/mol. The minimum atomic E-state index is -0.879. The van der Waals surface area contributed by atoms with Crippen LogP contribution in [0.15, 0.2) is 249 Å². The lowest BCUT2D eigenvalue weighted by Gasteiger charge is -2.32. The Morgan fingerprint density at radius 2 is 0.693 bits per heavy atom. The van der Waals surface area contributed by atoms with Crippen LogP contribution in [0, 0.1) is 0 Å². The van der Waals surface area contributed by atoms with E-state index in [-0.39, 0.29) is 29.6 Å². The van der Waals surface area contributed by atoms with Crippen molar-refractivity contribution in [2.24, 2.45) is 0 Å². The lowest BCUT2D eigenvalue weighted by Crippen LogP contribution is -2.30. The molecule has 0 radical (unpaired) electrons. The molecule has 440 valence electrons. The first kappa shape index (κ1) is 59.0. The summed E-state index contributed by atoms with van der Waals surface area (Å²) in [6.07, 6.45) is 10.6. The van der Waals surface area contributed by atoms with E-state index < -0.39 is 10.8 Å². The molecule has 2 atom stereocenters. The molecule has 6 nitrogen and oxygen atoms in total. The van der Waals surface area contributed by atoms with Gasteiger partial charge in [-0.1, -0.05) is 245 Å². The number of aromatic nitrogens is 6. The molecule has 12 rings (SSSR count). The summed E-state index contributed by atoms with van der Waals surface area (Å²) in [7, 11) is 0. The molecule has 0 aliphatic heterocycles. The van der Waals surface area contributed by atoms with Gasteiger partial charge in [-0.05, 0) is 164 Å². The molecule has 6 heteroatoms. The minimum Gasteiger partial charge on any atom is -0.302 e. The first-order valence-electron chi connectivity index (χ1n) is 31.6. The minimum absolute atomic E-state index is 0.168. The molecule has 3 heterocycles. The highest BCUT2D eigenvalue weighted by Gasteiger charge is 2.41. The van der Waals surface area contributed by atoms with Crippen LogP contribution < -0.4 is 0 Å². The molecule has 1 unspecified atom stereocenters. The fourth-order valence-corrected chi connectivity index (χ4v) is 13.4. The van der Waals surface area contributed by atoms with Crippen molar-refractivity contribution in [2.75, 3.05) is 0 Å². The van der Waals surface area contributed by atoms with E-state index in [4.69, 9.17) is 15.0 Å². The maximum Gasteiger partial charge on any atom is 0.144 e. The van der Waals surface area contributed by atoms with Crippen LogP contribution in [0.2, 0.25) is 0 Å². The molecule has 0 bridgehead atoms. The third-order valence-corrected chi connectivity index (χ3v) is 18.3. The number of benzene rings is 9. The quantitative estimate of drug-likeness (QED) is 0.0860. The molecule has 0 saturated carbocycles. The molecule has 0 aliphatic carbocycles. The van der Waals surface area contributed by atoms with E-state index in [1.165, 1.54) is 66.9 Å². The highest BCUT2D eigenvalue weighted by atomic mass is 15.1. The summed E-state index contributed by atoms with van der Waals surface area (Å²) in [6.45, 7) is 27.8. The molecule has 88 heavy (non-hydrogen) atoms. The lowest BCUT2D eigenvalue weighted by atomic mass is 9.74. The third kappa shape index (κ3) is 10.8. The van der Waals surface area contributed by atoms with Crippen LogP contribution in [0.25, 0.3) is 61.8 Å². The van der Waals surface area contributed by atoms with E-state index >= 15 is 0 Å². The zero-order valence-electron chi connectivity index (χ0n) is 53.2. The summed E-state index contributed by atoms with van der Waals surface area (Å²) >= 11 is 0. The SMILES string of the molecule is CC(C)c1cc(-c2ccccc2)ccc1-n1ccnc1C(C)(c1ccccc1)c1cccc(-c2nc([C@](C)(c3ccccc3)c3nccn3-c3c(C(C)C)cc(-c4ccccc4)cc3C(C)C)cn2-c2c(C(C)C)cc(-c3ccccc3)cc2C(C)C)c1. The average molecular weight is 1150 g/mol. The second-order valence-electron chi connectivity index (χ2n) is 25.8. The summed E-state index contributed by atoms with van der Waals surface area (Å²) in [4.78, 5) is 17.0. The van der Waals surface area contributed by atoms with Gasteiger partial charge in [0.25, 0.3) is 0 Å². The van der Waals surface area contributed by atoms with Crippen molar-refractivity contribution in [3.63, 3.8) is 0 Å². The lowest BCUT2D eigenvalue weighted by molar-refractivity contribution is 0.602. The summed E-state index contributed by atoms with van der Waals surface area (Å²) in [6, 6.07) is 79.9. The van der Waals surface area contributed by atoms with Crippen molar-refractivity contribution in [1.82, 2.24) is 28.7 Å². The van der Waals surface area contributed by atoms with E-state index in [0.717, 1.165) is 56.8 Å². The Balaban J connectivity index is 1.12. The van der Waals surface area contributed by atoms with Crippen molar-refractivity contribution >= 4 is 0 Å². The van der Waals surface area contributed by atoms with Gasteiger partial charge in [0.1, 0.15) is 17.5 Å². The van der Waals surface area contributed by atoms with E-state index in [1.54, 1.807) is 0 Å². The highest BCUT2D eigenvalue weighted by molar-refractivity contribution is 5.74. The second-order valence-corrected chi connectivity index (χ2v) is 25.8. The largest absolute Gasteiger partial charge is 0.302 e.